The number of nitro benzene ring substituents is 1. The number of aliphatic hydroxyl groups is 1. The van der Waals surface area contributed by atoms with Crippen LogP contribution in [0.5, 0.6) is 0 Å². The Balaban J connectivity index is 2.56. The lowest BCUT2D eigenvalue weighted by atomic mass is 10.1. The summed E-state index contributed by atoms with van der Waals surface area (Å²) in [7, 11) is 0. The summed E-state index contributed by atoms with van der Waals surface area (Å²) in [5.74, 6) is -0.609. The van der Waals surface area contributed by atoms with Crippen LogP contribution in [0.3, 0.4) is 0 Å². The summed E-state index contributed by atoms with van der Waals surface area (Å²) >= 11 is 0. The maximum absolute atomic E-state index is 11.3. The minimum absolute atomic E-state index is 0.0184. The van der Waals surface area contributed by atoms with Gasteiger partial charge in [0.25, 0.3) is 5.69 Å². The van der Waals surface area contributed by atoms with Crippen molar-refractivity contribution in [2.45, 2.75) is 12.5 Å². The number of nitro groups is 1. The van der Waals surface area contributed by atoms with Gasteiger partial charge in [-0.25, -0.2) is 0 Å². The third-order valence-electron chi connectivity index (χ3n) is 2.24. The number of nitrogens with two attached hydrogens (primary N) is 1. The number of rotatable bonds is 6. The molecule has 1 atom stereocenters. The van der Waals surface area contributed by atoms with Crippen LogP contribution < -0.4 is 5.73 Å². The highest BCUT2D eigenvalue weighted by Gasteiger charge is 2.16. The van der Waals surface area contributed by atoms with Gasteiger partial charge in [0.05, 0.1) is 11.5 Å². The maximum atomic E-state index is 11.3. The maximum Gasteiger partial charge on any atom is 0.323 e. The lowest BCUT2D eigenvalue weighted by Crippen LogP contribution is -2.34. The monoisotopic (exact) mass is 254 g/mol. The number of carbonyl (C=O) groups is 1. The smallest absolute Gasteiger partial charge is 0.323 e. The molecule has 7 nitrogen and oxygen atoms in total. The molecule has 0 aromatic heterocycles. The Morgan fingerprint density at radius 2 is 2.06 bits per heavy atom. The molecule has 0 aliphatic rings. The highest BCUT2D eigenvalue weighted by molar-refractivity contribution is 5.75. The molecule has 0 aliphatic heterocycles. The van der Waals surface area contributed by atoms with Crippen LogP contribution in [0.1, 0.15) is 5.56 Å². The van der Waals surface area contributed by atoms with Crippen molar-refractivity contribution in [3.05, 3.63) is 39.9 Å². The molecule has 0 amide bonds. The first-order chi connectivity index (χ1) is 8.54. The average molecular weight is 254 g/mol. The van der Waals surface area contributed by atoms with Gasteiger partial charge in [-0.05, 0) is 12.0 Å². The number of nitrogens with zero attached hydrogens (tertiary/aromatic N) is 1. The van der Waals surface area contributed by atoms with Gasteiger partial charge in [-0.2, -0.15) is 0 Å². The van der Waals surface area contributed by atoms with Crippen molar-refractivity contribution >= 4 is 11.7 Å². The summed E-state index contributed by atoms with van der Waals surface area (Å²) in [6.45, 7) is -0.344. The summed E-state index contributed by atoms with van der Waals surface area (Å²) in [4.78, 5) is 21.3. The quantitative estimate of drug-likeness (QED) is 0.419. The van der Waals surface area contributed by atoms with Gasteiger partial charge in [-0.15, -0.1) is 0 Å². The molecule has 0 radical (unpaired) electrons. The first kappa shape index (κ1) is 14.1. The van der Waals surface area contributed by atoms with E-state index in [9.17, 15) is 14.9 Å². The topological polar surface area (TPSA) is 116 Å². The zero-order valence-electron chi connectivity index (χ0n) is 9.61. The van der Waals surface area contributed by atoms with E-state index >= 15 is 0 Å². The van der Waals surface area contributed by atoms with Crippen LogP contribution in [-0.2, 0) is 16.0 Å². The highest BCUT2D eigenvalue weighted by Crippen LogP contribution is 2.13. The second-order valence-corrected chi connectivity index (χ2v) is 3.63. The number of aliphatic hydroxyl groups excluding tert-OH is 1. The SMILES string of the molecule is N[C@@H](Cc1ccc([N+](=O)[O-])cc1)C(=O)OCCO. The number of hydrogen-bond acceptors (Lipinski definition) is 6. The van der Waals surface area contributed by atoms with E-state index < -0.39 is 16.9 Å². The van der Waals surface area contributed by atoms with E-state index in [-0.39, 0.29) is 25.3 Å². The van der Waals surface area contributed by atoms with Crippen LogP contribution in [0.2, 0.25) is 0 Å². The summed E-state index contributed by atoms with van der Waals surface area (Å²) in [5, 5.41) is 18.9. The van der Waals surface area contributed by atoms with Gasteiger partial charge in [0, 0.05) is 12.1 Å². The van der Waals surface area contributed by atoms with E-state index in [0.29, 0.717) is 5.56 Å². The van der Waals surface area contributed by atoms with Crippen LogP contribution in [0, 0.1) is 10.1 Å². The lowest BCUT2D eigenvalue weighted by molar-refractivity contribution is -0.384. The Bertz CT molecular complexity index is 418. The third kappa shape index (κ3) is 4.11. The van der Waals surface area contributed by atoms with Crippen molar-refractivity contribution in [2.24, 2.45) is 5.73 Å². The normalized spacial score (nSPS) is 11.9. The van der Waals surface area contributed by atoms with Gasteiger partial charge in [-0.1, -0.05) is 12.1 Å². The minimum Gasteiger partial charge on any atom is -0.462 e. The molecule has 1 aromatic rings. The number of benzene rings is 1. The third-order valence-corrected chi connectivity index (χ3v) is 2.24. The largest absolute Gasteiger partial charge is 0.462 e. The molecule has 98 valence electrons. The number of ether oxygens (including phenoxy) is 1. The molecular formula is C11H14N2O5. The zero-order valence-corrected chi connectivity index (χ0v) is 9.61. The molecule has 3 N–H and O–H groups in total. The van der Waals surface area contributed by atoms with Crippen LogP contribution in [0.4, 0.5) is 5.69 Å². The molecule has 0 aliphatic carbocycles. The number of hydrogen-bond donors (Lipinski definition) is 2. The van der Waals surface area contributed by atoms with Crippen molar-refractivity contribution in [3.8, 4) is 0 Å². The Morgan fingerprint density at radius 3 is 2.56 bits per heavy atom. The number of carbonyl (C=O) groups excluding carboxylic acids is 1. The fourth-order valence-electron chi connectivity index (χ4n) is 1.34. The standard InChI is InChI=1S/C11H14N2O5/c12-10(11(15)18-6-5-14)7-8-1-3-9(4-2-8)13(16)17/h1-4,10,14H,5-7,12H2/t10-/m0/s1. The highest BCUT2D eigenvalue weighted by atomic mass is 16.6. The molecule has 0 bridgehead atoms. The predicted octanol–water partition coefficient (Wildman–Crippen LogP) is 0.000100. The van der Waals surface area contributed by atoms with Gasteiger partial charge < -0.3 is 15.6 Å². The van der Waals surface area contributed by atoms with Crippen LogP contribution in [-0.4, -0.2) is 35.3 Å². The molecule has 0 saturated heterocycles. The van der Waals surface area contributed by atoms with E-state index in [1.165, 1.54) is 24.3 Å². The van der Waals surface area contributed by atoms with E-state index in [1.807, 2.05) is 0 Å². The number of non-ortho nitro benzene ring substituents is 1. The molecular weight excluding hydrogens is 240 g/mol. The van der Waals surface area contributed by atoms with E-state index in [4.69, 9.17) is 10.8 Å². The fraction of sp³-hybridized carbons (Fsp3) is 0.364. The van der Waals surface area contributed by atoms with E-state index in [0.717, 1.165) is 0 Å². The lowest BCUT2D eigenvalue weighted by Gasteiger charge is -2.10. The molecule has 0 heterocycles. The van der Waals surface area contributed by atoms with Crippen LogP contribution in [0.25, 0.3) is 0 Å². The molecule has 0 unspecified atom stereocenters. The Labute approximate surface area is 103 Å². The van der Waals surface area contributed by atoms with Crippen molar-refractivity contribution in [2.75, 3.05) is 13.2 Å². The first-order valence-corrected chi connectivity index (χ1v) is 5.31. The molecule has 0 saturated carbocycles. The van der Waals surface area contributed by atoms with Crippen molar-refractivity contribution in [3.63, 3.8) is 0 Å². The van der Waals surface area contributed by atoms with Crippen LogP contribution in [0.15, 0.2) is 24.3 Å². The van der Waals surface area contributed by atoms with Gasteiger partial charge in [0.15, 0.2) is 0 Å². The van der Waals surface area contributed by atoms with Crippen molar-refractivity contribution in [1.82, 2.24) is 0 Å². The number of esters is 1. The second kappa shape index (κ2) is 6.67. The summed E-state index contributed by atoms with van der Waals surface area (Å²) in [5.41, 5.74) is 6.28. The first-order valence-electron chi connectivity index (χ1n) is 5.31. The summed E-state index contributed by atoms with van der Waals surface area (Å²) in [6, 6.07) is 4.93. The predicted molar refractivity (Wildman–Crippen MR) is 62.8 cm³/mol. The minimum atomic E-state index is -0.849. The van der Waals surface area contributed by atoms with E-state index in [1.54, 1.807) is 0 Å². The van der Waals surface area contributed by atoms with Gasteiger partial charge >= 0.3 is 5.97 Å². The fourth-order valence-corrected chi connectivity index (χ4v) is 1.34. The molecule has 18 heavy (non-hydrogen) atoms. The Morgan fingerprint density at radius 1 is 1.44 bits per heavy atom. The molecule has 0 spiro atoms. The molecule has 1 rings (SSSR count). The van der Waals surface area contributed by atoms with Crippen molar-refractivity contribution in [1.29, 1.82) is 0 Å². The summed E-state index contributed by atoms with van der Waals surface area (Å²) < 4.78 is 4.66. The average Bonchev–Trinajstić information content (AvgIpc) is 2.36. The van der Waals surface area contributed by atoms with Gasteiger partial charge in [0.1, 0.15) is 12.6 Å². The summed E-state index contributed by atoms with van der Waals surface area (Å²) in [6.07, 6.45) is 0.224. The Kier molecular flexibility index (Phi) is 5.22. The molecule has 0 fully saturated rings. The Hall–Kier alpha value is -1.99. The van der Waals surface area contributed by atoms with Crippen molar-refractivity contribution < 1.29 is 19.6 Å². The van der Waals surface area contributed by atoms with Crippen LogP contribution >= 0.6 is 0 Å². The van der Waals surface area contributed by atoms with Gasteiger partial charge in [0.2, 0.25) is 0 Å². The molecule has 1 aromatic carbocycles. The zero-order chi connectivity index (χ0) is 13.5. The van der Waals surface area contributed by atoms with E-state index in [2.05, 4.69) is 4.74 Å². The molecule has 7 heteroatoms. The second-order valence-electron chi connectivity index (χ2n) is 3.63. The van der Waals surface area contributed by atoms with Gasteiger partial charge in [-0.3, -0.25) is 14.9 Å².